The maximum Gasteiger partial charge on any atom is 0.245 e. The Balaban J connectivity index is 1.96. The fraction of sp³-hybridized carbons (Fsp3) is 0.556. The van der Waals surface area contributed by atoms with Crippen LogP contribution in [0.25, 0.3) is 0 Å². The van der Waals surface area contributed by atoms with Gasteiger partial charge in [-0.25, -0.2) is 0 Å². The second kappa shape index (κ2) is 7.97. The Kier molecular flexibility index (Phi) is 5.99. The van der Waals surface area contributed by atoms with Crippen molar-refractivity contribution in [1.29, 1.82) is 0 Å². The summed E-state index contributed by atoms with van der Waals surface area (Å²) in [5, 5.41) is 2.94. The molecule has 120 valence electrons. The lowest BCUT2D eigenvalue weighted by Gasteiger charge is -2.25. The molecule has 2 amide bonds. The molecule has 1 aliphatic heterocycles. The number of amides is 2. The summed E-state index contributed by atoms with van der Waals surface area (Å²) in [7, 11) is 0. The summed E-state index contributed by atoms with van der Waals surface area (Å²) in [6.45, 7) is 5.80. The van der Waals surface area contributed by atoms with Crippen LogP contribution in [0, 0.1) is 5.92 Å². The van der Waals surface area contributed by atoms with Crippen LogP contribution < -0.4 is 5.32 Å². The number of nitrogens with one attached hydrogen (secondary N) is 1. The molecule has 1 aromatic carbocycles. The number of hydrogen-bond donors (Lipinski definition) is 1. The average molecular weight is 302 g/mol. The van der Waals surface area contributed by atoms with Crippen molar-refractivity contribution >= 4 is 11.8 Å². The van der Waals surface area contributed by atoms with Gasteiger partial charge in [0.05, 0.1) is 6.42 Å². The van der Waals surface area contributed by atoms with Crippen LogP contribution in [0.5, 0.6) is 0 Å². The first-order valence-electron chi connectivity index (χ1n) is 8.18. The molecule has 1 aromatic rings. The van der Waals surface area contributed by atoms with Crippen LogP contribution in [0.1, 0.15) is 38.7 Å². The summed E-state index contributed by atoms with van der Waals surface area (Å²) >= 11 is 0. The molecule has 0 spiro atoms. The zero-order valence-corrected chi connectivity index (χ0v) is 13.5. The van der Waals surface area contributed by atoms with Crippen LogP contribution in [-0.2, 0) is 16.0 Å². The van der Waals surface area contributed by atoms with Gasteiger partial charge in [0.25, 0.3) is 0 Å². The largest absolute Gasteiger partial charge is 0.344 e. The van der Waals surface area contributed by atoms with Gasteiger partial charge in [-0.1, -0.05) is 44.2 Å². The molecule has 1 atom stereocenters. The molecule has 2 rings (SSSR count). The molecule has 0 unspecified atom stereocenters. The predicted molar refractivity (Wildman–Crippen MR) is 87.3 cm³/mol. The van der Waals surface area contributed by atoms with Crippen molar-refractivity contribution in [2.24, 2.45) is 5.92 Å². The highest BCUT2D eigenvalue weighted by molar-refractivity contribution is 5.88. The van der Waals surface area contributed by atoms with Gasteiger partial charge in [0.2, 0.25) is 11.8 Å². The molecule has 0 saturated carbocycles. The molecular formula is C18H26N2O2. The normalized spacial score (nSPS) is 15.9. The molecule has 0 bridgehead atoms. The number of nitrogens with zero attached hydrogens (tertiary/aromatic N) is 1. The summed E-state index contributed by atoms with van der Waals surface area (Å²) in [6.07, 6.45) is 3.15. The van der Waals surface area contributed by atoms with Crippen LogP contribution in [0.15, 0.2) is 30.3 Å². The van der Waals surface area contributed by atoms with E-state index in [2.05, 4.69) is 19.2 Å². The van der Waals surface area contributed by atoms with Crippen molar-refractivity contribution < 1.29 is 9.59 Å². The third kappa shape index (κ3) is 4.86. The number of likely N-dealkylation sites (tertiary alicyclic amines) is 1. The van der Waals surface area contributed by atoms with Gasteiger partial charge in [-0.05, 0) is 30.7 Å². The molecule has 1 N–H and O–H groups in total. The van der Waals surface area contributed by atoms with Crippen molar-refractivity contribution in [3.05, 3.63) is 35.9 Å². The maximum absolute atomic E-state index is 12.6. The summed E-state index contributed by atoms with van der Waals surface area (Å²) in [6, 6.07) is 9.24. The molecule has 0 aromatic heterocycles. The van der Waals surface area contributed by atoms with Crippen LogP contribution in [0.3, 0.4) is 0 Å². The molecule has 1 heterocycles. The number of rotatable bonds is 6. The molecule has 1 aliphatic rings. The molecule has 1 fully saturated rings. The average Bonchev–Trinajstić information content (AvgIpc) is 3.00. The molecule has 22 heavy (non-hydrogen) atoms. The summed E-state index contributed by atoms with van der Waals surface area (Å²) in [4.78, 5) is 26.7. The number of carbonyl (C=O) groups excluding carboxylic acids is 2. The van der Waals surface area contributed by atoms with E-state index in [4.69, 9.17) is 0 Å². The molecule has 4 nitrogen and oxygen atoms in total. The van der Waals surface area contributed by atoms with Crippen molar-refractivity contribution in [3.8, 4) is 0 Å². The number of benzene rings is 1. The van der Waals surface area contributed by atoms with Crippen LogP contribution in [0.4, 0.5) is 0 Å². The third-order valence-corrected chi connectivity index (χ3v) is 3.97. The van der Waals surface area contributed by atoms with Gasteiger partial charge in [-0.15, -0.1) is 0 Å². The Morgan fingerprint density at radius 2 is 1.77 bits per heavy atom. The zero-order chi connectivity index (χ0) is 15.9. The highest BCUT2D eigenvalue weighted by atomic mass is 16.2. The Bertz CT molecular complexity index is 493. The second-order valence-corrected chi connectivity index (χ2v) is 6.44. The van der Waals surface area contributed by atoms with Gasteiger partial charge in [-0.3, -0.25) is 9.59 Å². The van der Waals surface area contributed by atoms with Gasteiger partial charge >= 0.3 is 0 Å². The molecule has 4 heteroatoms. The number of carbonyl (C=O) groups is 2. The minimum Gasteiger partial charge on any atom is -0.344 e. The summed E-state index contributed by atoms with van der Waals surface area (Å²) in [5.74, 6) is 0.366. The quantitative estimate of drug-likeness (QED) is 0.877. The lowest BCUT2D eigenvalue weighted by atomic mass is 10.0. The predicted octanol–water partition coefficient (Wildman–Crippen LogP) is 2.38. The Hall–Kier alpha value is -1.84. The monoisotopic (exact) mass is 302 g/mol. The highest BCUT2D eigenvalue weighted by Gasteiger charge is 2.28. The van der Waals surface area contributed by atoms with E-state index in [-0.39, 0.29) is 11.8 Å². The Labute approximate surface area is 132 Å². The maximum atomic E-state index is 12.6. The summed E-state index contributed by atoms with van der Waals surface area (Å²) < 4.78 is 0. The van der Waals surface area contributed by atoms with Crippen LogP contribution in [0.2, 0.25) is 0 Å². The van der Waals surface area contributed by atoms with E-state index in [0.29, 0.717) is 18.8 Å². The minimum absolute atomic E-state index is 0.0765. The van der Waals surface area contributed by atoms with Crippen molar-refractivity contribution in [3.63, 3.8) is 0 Å². The van der Waals surface area contributed by atoms with Crippen molar-refractivity contribution in [1.82, 2.24) is 10.2 Å². The lowest BCUT2D eigenvalue weighted by molar-refractivity contribution is -0.135. The summed E-state index contributed by atoms with van der Waals surface area (Å²) in [5.41, 5.74) is 0.969. The second-order valence-electron chi connectivity index (χ2n) is 6.44. The Morgan fingerprint density at radius 3 is 2.36 bits per heavy atom. The van der Waals surface area contributed by atoms with E-state index in [1.54, 1.807) is 0 Å². The zero-order valence-electron chi connectivity index (χ0n) is 13.5. The van der Waals surface area contributed by atoms with E-state index in [1.807, 2.05) is 35.2 Å². The van der Waals surface area contributed by atoms with E-state index < -0.39 is 6.04 Å². The highest BCUT2D eigenvalue weighted by Crippen LogP contribution is 2.14. The van der Waals surface area contributed by atoms with Crippen LogP contribution in [-0.4, -0.2) is 35.8 Å². The van der Waals surface area contributed by atoms with Gasteiger partial charge in [0.1, 0.15) is 6.04 Å². The van der Waals surface area contributed by atoms with Gasteiger partial charge in [0, 0.05) is 13.1 Å². The standard InChI is InChI=1S/C18H26N2O2/c1-14(2)12-16(18(22)20-10-6-7-11-20)19-17(21)13-15-8-4-3-5-9-15/h3-5,8-9,14,16H,6-7,10-13H2,1-2H3,(H,19,21)/t16-/m0/s1. The van der Waals surface area contributed by atoms with E-state index >= 15 is 0 Å². The van der Waals surface area contributed by atoms with Gasteiger partial charge < -0.3 is 10.2 Å². The van der Waals surface area contributed by atoms with E-state index in [9.17, 15) is 9.59 Å². The Morgan fingerprint density at radius 1 is 1.14 bits per heavy atom. The fourth-order valence-electron chi connectivity index (χ4n) is 2.88. The van der Waals surface area contributed by atoms with E-state index in [1.165, 1.54) is 0 Å². The fourth-order valence-corrected chi connectivity index (χ4v) is 2.88. The molecule has 0 aliphatic carbocycles. The van der Waals surface area contributed by atoms with E-state index in [0.717, 1.165) is 31.5 Å². The molecule has 1 saturated heterocycles. The van der Waals surface area contributed by atoms with Crippen molar-refractivity contribution in [2.75, 3.05) is 13.1 Å². The minimum atomic E-state index is -0.394. The van der Waals surface area contributed by atoms with Crippen molar-refractivity contribution in [2.45, 2.75) is 45.6 Å². The van der Waals surface area contributed by atoms with Crippen LogP contribution >= 0.6 is 0 Å². The van der Waals surface area contributed by atoms with Gasteiger partial charge in [0.15, 0.2) is 0 Å². The molecular weight excluding hydrogens is 276 g/mol. The SMILES string of the molecule is CC(C)C[C@H](NC(=O)Cc1ccccc1)C(=O)N1CCCC1. The first-order valence-corrected chi connectivity index (χ1v) is 8.18. The first kappa shape index (κ1) is 16.5. The lowest BCUT2D eigenvalue weighted by Crippen LogP contribution is -2.48. The van der Waals surface area contributed by atoms with Gasteiger partial charge in [-0.2, -0.15) is 0 Å². The first-order chi connectivity index (χ1) is 10.6. The smallest absolute Gasteiger partial charge is 0.245 e. The molecule has 0 radical (unpaired) electrons. The third-order valence-electron chi connectivity index (χ3n) is 3.97. The topological polar surface area (TPSA) is 49.4 Å². The number of hydrogen-bond acceptors (Lipinski definition) is 2.